The Morgan fingerprint density at radius 3 is 2.47 bits per heavy atom. The van der Waals surface area contributed by atoms with E-state index in [2.05, 4.69) is 16.6 Å². The summed E-state index contributed by atoms with van der Waals surface area (Å²) in [7, 11) is 0. The van der Waals surface area contributed by atoms with Crippen molar-refractivity contribution in [2.24, 2.45) is 0 Å². The molecule has 1 rings (SSSR count). The Kier molecular flexibility index (Phi) is 5.42. The summed E-state index contributed by atoms with van der Waals surface area (Å²) in [6.45, 7) is 2.20. The molecule has 0 radical (unpaired) electrons. The Balaban J connectivity index is 2.46. The van der Waals surface area contributed by atoms with Gasteiger partial charge in [-0.1, -0.05) is 25.0 Å². The molecule has 19 heavy (non-hydrogen) atoms. The van der Waals surface area contributed by atoms with E-state index >= 15 is 0 Å². The van der Waals surface area contributed by atoms with Crippen LogP contribution in [-0.4, -0.2) is 23.1 Å². The average molecular weight is 260 g/mol. The molecule has 0 spiro atoms. The van der Waals surface area contributed by atoms with Gasteiger partial charge in [-0.05, 0) is 24.1 Å². The molecule has 2 amide bonds. The fourth-order valence-electron chi connectivity index (χ4n) is 1.42. The second-order valence-corrected chi connectivity index (χ2v) is 3.96. The SMILES string of the molecule is C#CC(CC)NC(=O)NCc1ccc(C(=O)O)cc1. The molecule has 0 aliphatic rings. The lowest BCUT2D eigenvalue weighted by Crippen LogP contribution is -2.40. The molecule has 1 atom stereocenters. The Labute approximate surface area is 112 Å². The quantitative estimate of drug-likeness (QED) is 0.703. The largest absolute Gasteiger partial charge is 0.478 e. The Morgan fingerprint density at radius 2 is 2.00 bits per heavy atom. The maximum Gasteiger partial charge on any atom is 0.335 e. The molecule has 0 aliphatic carbocycles. The number of aromatic carboxylic acids is 1. The monoisotopic (exact) mass is 260 g/mol. The van der Waals surface area contributed by atoms with Gasteiger partial charge in [-0.3, -0.25) is 0 Å². The highest BCUT2D eigenvalue weighted by molar-refractivity contribution is 5.87. The number of carboxylic acid groups (broad SMARTS) is 1. The van der Waals surface area contributed by atoms with Crippen LogP contribution in [0.5, 0.6) is 0 Å². The van der Waals surface area contributed by atoms with Gasteiger partial charge in [-0.15, -0.1) is 6.42 Å². The first-order valence-corrected chi connectivity index (χ1v) is 5.89. The molecule has 3 N–H and O–H groups in total. The van der Waals surface area contributed by atoms with Crippen molar-refractivity contribution in [1.82, 2.24) is 10.6 Å². The molecule has 1 aromatic carbocycles. The number of nitrogens with one attached hydrogen (secondary N) is 2. The molecule has 0 heterocycles. The van der Waals surface area contributed by atoms with Crippen molar-refractivity contribution in [3.8, 4) is 12.3 Å². The van der Waals surface area contributed by atoms with Gasteiger partial charge >= 0.3 is 12.0 Å². The van der Waals surface area contributed by atoms with E-state index in [1.54, 1.807) is 12.1 Å². The summed E-state index contributed by atoms with van der Waals surface area (Å²) in [5, 5.41) is 14.0. The van der Waals surface area contributed by atoms with Crippen LogP contribution in [0.1, 0.15) is 29.3 Å². The number of hydrogen-bond donors (Lipinski definition) is 3. The van der Waals surface area contributed by atoms with E-state index in [9.17, 15) is 9.59 Å². The fraction of sp³-hybridized carbons (Fsp3) is 0.286. The van der Waals surface area contributed by atoms with Gasteiger partial charge in [0, 0.05) is 6.54 Å². The first kappa shape index (κ1) is 14.6. The van der Waals surface area contributed by atoms with Crippen LogP contribution in [0.4, 0.5) is 4.79 Å². The van der Waals surface area contributed by atoms with E-state index in [-0.39, 0.29) is 17.6 Å². The predicted molar refractivity (Wildman–Crippen MR) is 71.7 cm³/mol. The van der Waals surface area contributed by atoms with Crippen LogP contribution in [0.3, 0.4) is 0 Å². The van der Waals surface area contributed by atoms with Crippen molar-refractivity contribution in [1.29, 1.82) is 0 Å². The van der Waals surface area contributed by atoms with E-state index in [4.69, 9.17) is 11.5 Å². The number of benzene rings is 1. The number of hydrogen-bond acceptors (Lipinski definition) is 2. The van der Waals surface area contributed by atoms with Gasteiger partial charge in [0.25, 0.3) is 0 Å². The zero-order valence-electron chi connectivity index (χ0n) is 10.6. The summed E-state index contributed by atoms with van der Waals surface area (Å²) in [5.41, 5.74) is 1.03. The Bertz CT molecular complexity index is 488. The molecule has 0 saturated carbocycles. The van der Waals surface area contributed by atoms with E-state index in [0.29, 0.717) is 13.0 Å². The lowest BCUT2D eigenvalue weighted by molar-refractivity contribution is 0.0697. The number of rotatable bonds is 5. The van der Waals surface area contributed by atoms with E-state index < -0.39 is 5.97 Å². The molecule has 0 aromatic heterocycles. The van der Waals surface area contributed by atoms with Crippen LogP contribution in [0.25, 0.3) is 0 Å². The van der Waals surface area contributed by atoms with Crippen LogP contribution < -0.4 is 10.6 Å². The van der Waals surface area contributed by atoms with E-state index in [1.807, 2.05) is 6.92 Å². The smallest absolute Gasteiger partial charge is 0.335 e. The number of carbonyl (C=O) groups excluding carboxylic acids is 1. The van der Waals surface area contributed by atoms with Crippen molar-refractivity contribution in [2.75, 3.05) is 0 Å². The van der Waals surface area contributed by atoms with Crippen molar-refractivity contribution in [3.05, 3.63) is 35.4 Å². The minimum absolute atomic E-state index is 0.214. The first-order valence-electron chi connectivity index (χ1n) is 5.89. The average Bonchev–Trinajstić information content (AvgIpc) is 2.43. The molecule has 0 bridgehead atoms. The molecule has 100 valence electrons. The highest BCUT2D eigenvalue weighted by atomic mass is 16.4. The summed E-state index contributed by atoms with van der Waals surface area (Å²) in [5.74, 6) is 1.49. The lowest BCUT2D eigenvalue weighted by Gasteiger charge is -2.11. The molecule has 1 unspecified atom stereocenters. The minimum atomic E-state index is -0.975. The topological polar surface area (TPSA) is 78.4 Å². The standard InChI is InChI=1S/C14H16N2O3/c1-3-12(4-2)16-14(19)15-9-10-5-7-11(8-6-10)13(17)18/h1,5-8,12H,4,9H2,2H3,(H,17,18)(H2,15,16,19). The Hall–Kier alpha value is -2.48. The van der Waals surface area contributed by atoms with Gasteiger partial charge in [0.05, 0.1) is 11.6 Å². The van der Waals surface area contributed by atoms with E-state index in [0.717, 1.165) is 5.56 Å². The van der Waals surface area contributed by atoms with Crippen LogP contribution in [0, 0.1) is 12.3 Å². The zero-order valence-corrected chi connectivity index (χ0v) is 10.6. The third-order valence-corrected chi connectivity index (χ3v) is 2.57. The zero-order chi connectivity index (χ0) is 14.3. The second-order valence-electron chi connectivity index (χ2n) is 3.96. The van der Waals surface area contributed by atoms with Crippen molar-refractivity contribution < 1.29 is 14.7 Å². The van der Waals surface area contributed by atoms with Gasteiger partial charge in [-0.25, -0.2) is 9.59 Å². The number of carbonyl (C=O) groups is 2. The van der Waals surface area contributed by atoms with Crippen LogP contribution in [0.15, 0.2) is 24.3 Å². The van der Waals surface area contributed by atoms with Gasteiger partial charge in [0.15, 0.2) is 0 Å². The van der Waals surface area contributed by atoms with Gasteiger partial charge in [0.2, 0.25) is 0 Å². The van der Waals surface area contributed by atoms with Crippen LogP contribution >= 0.6 is 0 Å². The summed E-state index contributed by atoms with van der Waals surface area (Å²) in [6.07, 6.45) is 5.90. The molecule has 5 nitrogen and oxygen atoms in total. The van der Waals surface area contributed by atoms with Crippen molar-refractivity contribution >= 4 is 12.0 Å². The van der Waals surface area contributed by atoms with Crippen molar-refractivity contribution in [2.45, 2.75) is 25.9 Å². The highest BCUT2D eigenvalue weighted by Crippen LogP contribution is 2.04. The normalized spacial score (nSPS) is 11.2. The third-order valence-electron chi connectivity index (χ3n) is 2.57. The Morgan fingerprint density at radius 1 is 1.37 bits per heavy atom. The maximum absolute atomic E-state index is 11.5. The van der Waals surface area contributed by atoms with Crippen molar-refractivity contribution in [3.63, 3.8) is 0 Å². The summed E-state index contributed by atoms with van der Waals surface area (Å²) >= 11 is 0. The molecule has 0 saturated heterocycles. The van der Waals surface area contributed by atoms with Crippen LogP contribution in [0.2, 0.25) is 0 Å². The van der Waals surface area contributed by atoms with E-state index in [1.165, 1.54) is 12.1 Å². The molecular weight excluding hydrogens is 244 g/mol. The maximum atomic E-state index is 11.5. The number of urea groups is 1. The number of amides is 2. The molecule has 5 heteroatoms. The highest BCUT2D eigenvalue weighted by Gasteiger charge is 2.07. The number of carboxylic acids is 1. The minimum Gasteiger partial charge on any atom is -0.478 e. The first-order chi connectivity index (χ1) is 9.06. The number of terminal acetylenes is 1. The summed E-state index contributed by atoms with van der Waals surface area (Å²) in [4.78, 5) is 22.2. The fourth-order valence-corrected chi connectivity index (χ4v) is 1.42. The summed E-state index contributed by atoms with van der Waals surface area (Å²) in [6, 6.07) is 5.67. The van der Waals surface area contributed by atoms with Crippen LogP contribution in [-0.2, 0) is 6.54 Å². The predicted octanol–water partition coefficient (Wildman–Crippen LogP) is 1.60. The lowest BCUT2D eigenvalue weighted by atomic mass is 10.1. The van der Waals surface area contributed by atoms with Gasteiger partial charge in [0.1, 0.15) is 0 Å². The summed E-state index contributed by atoms with van der Waals surface area (Å²) < 4.78 is 0. The van der Waals surface area contributed by atoms with Gasteiger partial charge in [-0.2, -0.15) is 0 Å². The third kappa shape index (κ3) is 4.72. The molecule has 1 aromatic rings. The van der Waals surface area contributed by atoms with Gasteiger partial charge < -0.3 is 15.7 Å². The molecule has 0 fully saturated rings. The molecular formula is C14H16N2O3. The molecule has 0 aliphatic heterocycles. The second kappa shape index (κ2) is 7.07.